The molecule has 3 nitrogen and oxygen atoms in total. The van der Waals surface area contributed by atoms with Gasteiger partial charge < -0.3 is 22.2 Å². The second kappa shape index (κ2) is 58.3. The first-order chi connectivity index (χ1) is 25.3. The van der Waals surface area contributed by atoms with Crippen LogP contribution < -0.4 is 0 Å². The molecule has 0 aliphatic carbocycles. The molecule has 0 aromatic heterocycles. The van der Waals surface area contributed by atoms with Crippen LogP contribution in [-0.4, -0.2) is 35.1 Å². The van der Waals surface area contributed by atoms with Gasteiger partial charge in [-0.05, 0) is 19.3 Å². The summed E-state index contributed by atoms with van der Waals surface area (Å²) >= 11 is 0. The topological polar surface area (TPSA) is 60.7 Å². The molecule has 0 aliphatic rings. The van der Waals surface area contributed by atoms with Gasteiger partial charge in [0.25, 0.3) is 0 Å². The summed E-state index contributed by atoms with van der Waals surface area (Å²) in [6.45, 7) is 4.96. The SMILES string of the molecule is OCCCCCCCCCCCCCCCCCCCCCCCCCCCCCCCCCCO.[Au+].[CH2-]CCCCCCCCCCCCCO. The molecule has 4 heteroatoms. The number of aliphatic hydroxyl groups excluding tert-OH is 3. The first kappa shape index (κ1) is 56.9. The monoisotopic (exact) mass is 921 g/mol. The van der Waals surface area contributed by atoms with Crippen LogP contribution >= 0.6 is 0 Å². The summed E-state index contributed by atoms with van der Waals surface area (Å²) < 4.78 is 0. The minimum atomic E-state index is 0. The van der Waals surface area contributed by atoms with E-state index >= 15 is 0 Å². The Labute approximate surface area is 345 Å². The molecule has 52 heavy (non-hydrogen) atoms. The van der Waals surface area contributed by atoms with Crippen LogP contribution in [0.5, 0.6) is 0 Å². The molecule has 0 heterocycles. The van der Waals surface area contributed by atoms with E-state index < -0.39 is 0 Å². The quantitative estimate of drug-likeness (QED) is 0.0324. The van der Waals surface area contributed by atoms with E-state index in [1.165, 1.54) is 257 Å². The first-order valence-corrected chi connectivity index (χ1v) is 23.9. The summed E-state index contributed by atoms with van der Waals surface area (Å²) in [5, 5.41) is 26.2. The van der Waals surface area contributed by atoms with Crippen LogP contribution in [0.4, 0.5) is 0 Å². The van der Waals surface area contributed by atoms with Crippen molar-refractivity contribution in [1.29, 1.82) is 0 Å². The third kappa shape index (κ3) is 59.9. The van der Waals surface area contributed by atoms with Crippen LogP contribution in [0.2, 0.25) is 0 Å². The number of rotatable bonds is 45. The third-order valence-corrected chi connectivity index (χ3v) is 11.0. The fourth-order valence-corrected chi connectivity index (χ4v) is 7.41. The normalized spacial score (nSPS) is 11.1. The summed E-state index contributed by atoms with van der Waals surface area (Å²) in [7, 11) is 0. The van der Waals surface area contributed by atoms with Crippen molar-refractivity contribution in [2.75, 3.05) is 19.8 Å². The molecule has 320 valence electrons. The molecule has 0 amide bonds. The zero-order valence-corrected chi connectivity index (χ0v) is 37.8. The largest absolute Gasteiger partial charge is 1.00 e. The maximum atomic E-state index is 8.78. The Morgan fingerprint density at radius 1 is 0.173 bits per heavy atom. The van der Waals surface area contributed by atoms with E-state index in [4.69, 9.17) is 15.3 Å². The van der Waals surface area contributed by atoms with Crippen LogP contribution in [0.15, 0.2) is 0 Å². The Balaban J connectivity index is -0.00000126. The van der Waals surface area contributed by atoms with E-state index in [1.807, 2.05) is 0 Å². The molecule has 0 saturated carbocycles. The molecule has 0 aromatic carbocycles. The number of hydrogen-bond donors (Lipinski definition) is 3. The summed E-state index contributed by atoms with van der Waals surface area (Å²) in [6.07, 6.45) is 60.4. The van der Waals surface area contributed by atoms with Crippen molar-refractivity contribution in [2.24, 2.45) is 0 Å². The van der Waals surface area contributed by atoms with Gasteiger partial charge in [-0.15, -0.1) is 0 Å². The Morgan fingerprint density at radius 3 is 0.365 bits per heavy atom. The van der Waals surface area contributed by atoms with Gasteiger partial charge >= 0.3 is 22.4 Å². The van der Waals surface area contributed by atoms with Gasteiger partial charge in [-0.1, -0.05) is 257 Å². The average molecular weight is 921 g/mol. The number of unbranched alkanes of at least 4 members (excludes halogenated alkanes) is 42. The predicted octanol–water partition coefficient (Wildman–Crippen LogP) is 15.9. The van der Waals surface area contributed by atoms with Gasteiger partial charge in [0, 0.05) is 19.8 Å². The molecule has 0 saturated heterocycles. The minimum Gasteiger partial charge on any atom is -0.396 e. The molecule has 0 radical (unpaired) electrons. The van der Waals surface area contributed by atoms with E-state index in [9.17, 15) is 0 Å². The van der Waals surface area contributed by atoms with Crippen LogP contribution in [0.1, 0.15) is 283 Å². The maximum Gasteiger partial charge on any atom is 1.00 e. The molecule has 0 spiro atoms. The zero-order valence-electron chi connectivity index (χ0n) is 35.6. The van der Waals surface area contributed by atoms with Crippen LogP contribution in [0.3, 0.4) is 0 Å². The van der Waals surface area contributed by atoms with Crippen molar-refractivity contribution in [3.05, 3.63) is 6.92 Å². The fraction of sp³-hybridized carbons (Fsp3) is 0.979. The fourth-order valence-electron chi connectivity index (χ4n) is 7.41. The Kier molecular flexibility index (Phi) is 63.9. The molecule has 0 atom stereocenters. The standard InChI is InChI=1S/C34H70O2.C14H29O.Au/c35-33-31-29-27-25-23-21-19-17-15-13-11-9-7-5-3-1-2-4-6-8-10-12-14-16-18-20-22-24-26-28-30-32-34-36;1-2-3-4-5-6-7-8-9-10-11-12-13-14-15;/h35-36H,1-34H2;15H,1-14H2;/q;-1;+1. The van der Waals surface area contributed by atoms with E-state index in [-0.39, 0.29) is 22.4 Å². The molecular formula is C48H99AuO3. The van der Waals surface area contributed by atoms with Crippen LogP contribution in [0.25, 0.3) is 0 Å². The Hall–Kier alpha value is 0.620. The van der Waals surface area contributed by atoms with Crippen molar-refractivity contribution in [3.63, 3.8) is 0 Å². The third-order valence-electron chi connectivity index (χ3n) is 11.0. The second-order valence-corrected chi connectivity index (χ2v) is 16.2. The summed E-state index contributed by atoms with van der Waals surface area (Å²) in [6, 6.07) is 0. The van der Waals surface area contributed by atoms with Crippen molar-refractivity contribution < 1.29 is 37.7 Å². The van der Waals surface area contributed by atoms with Gasteiger partial charge in [-0.25, -0.2) is 0 Å². The maximum absolute atomic E-state index is 8.78. The van der Waals surface area contributed by atoms with E-state index in [0.29, 0.717) is 19.8 Å². The van der Waals surface area contributed by atoms with E-state index in [1.54, 1.807) is 0 Å². The van der Waals surface area contributed by atoms with Gasteiger partial charge in [-0.2, -0.15) is 6.42 Å². The molecular weight excluding hydrogens is 821 g/mol. The van der Waals surface area contributed by atoms with Gasteiger partial charge in [-0.3, -0.25) is 0 Å². The Bertz CT molecular complexity index is 500. The van der Waals surface area contributed by atoms with Crippen molar-refractivity contribution >= 4 is 0 Å². The second-order valence-electron chi connectivity index (χ2n) is 16.2. The van der Waals surface area contributed by atoms with Gasteiger partial charge in [0.2, 0.25) is 0 Å². The van der Waals surface area contributed by atoms with E-state index in [0.717, 1.165) is 25.7 Å². The number of hydrogen-bond acceptors (Lipinski definition) is 3. The van der Waals surface area contributed by atoms with E-state index in [2.05, 4.69) is 6.92 Å². The minimum absolute atomic E-state index is 0. The smallest absolute Gasteiger partial charge is 0.396 e. The number of aliphatic hydroxyl groups is 3. The molecule has 0 aromatic rings. The van der Waals surface area contributed by atoms with Crippen molar-refractivity contribution in [1.82, 2.24) is 0 Å². The summed E-state index contributed by atoms with van der Waals surface area (Å²) in [4.78, 5) is 0. The van der Waals surface area contributed by atoms with Crippen LogP contribution in [-0.2, 0) is 22.4 Å². The van der Waals surface area contributed by atoms with Gasteiger partial charge in [0.15, 0.2) is 0 Å². The molecule has 3 N–H and O–H groups in total. The molecule has 0 aliphatic heterocycles. The molecule has 0 fully saturated rings. The predicted molar refractivity (Wildman–Crippen MR) is 230 cm³/mol. The summed E-state index contributed by atoms with van der Waals surface area (Å²) in [5.74, 6) is 0. The first-order valence-electron chi connectivity index (χ1n) is 23.9. The summed E-state index contributed by atoms with van der Waals surface area (Å²) in [5.41, 5.74) is 0. The molecule has 0 rings (SSSR count). The average Bonchev–Trinajstić information content (AvgIpc) is 3.14. The van der Waals surface area contributed by atoms with Gasteiger partial charge in [0.05, 0.1) is 0 Å². The Morgan fingerprint density at radius 2 is 0.269 bits per heavy atom. The van der Waals surface area contributed by atoms with Crippen LogP contribution in [0, 0.1) is 6.92 Å². The van der Waals surface area contributed by atoms with Gasteiger partial charge in [0.1, 0.15) is 0 Å². The van der Waals surface area contributed by atoms with Crippen molar-refractivity contribution in [2.45, 2.75) is 283 Å². The zero-order chi connectivity index (χ0) is 37.2. The molecule has 0 bridgehead atoms. The molecule has 0 unspecified atom stereocenters. The van der Waals surface area contributed by atoms with Crippen molar-refractivity contribution in [3.8, 4) is 0 Å².